The molecule has 1 aliphatic carbocycles. The molecule has 1 aliphatic rings. The zero-order valence-electron chi connectivity index (χ0n) is 16.8. The van der Waals surface area contributed by atoms with Crippen LogP contribution < -0.4 is 0 Å². The molecule has 0 aromatic heterocycles. The largest absolute Gasteiger partial charge is 0.468 e. The maximum absolute atomic E-state index is 12.7. The molecule has 0 aliphatic heterocycles. The highest BCUT2D eigenvalue weighted by Crippen LogP contribution is 2.51. The number of hydrogen-bond donors (Lipinski definition) is 0. The van der Waals surface area contributed by atoms with Crippen molar-refractivity contribution in [3.63, 3.8) is 0 Å². The van der Waals surface area contributed by atoms with Crippen LogP contribution in [0.15, 0.2) is 53.4 Å². The summed E-state index contributed by atoms with van der Waals surface area (Å²) in [6.45, 7) is 0. The molecule has 0 atom stereocenters. The van der Waals surface area contributed by atoms with E-state index in [0.29, 0.717) is 10.6 Å². The van der Waals surface area contributed by atoms with Gasteiger partial charge in [-0.05, 0) is 46.5 Å². The number of carbonyl (C=O) groups excluding carboxylic acids is 2. The van der Waals surface area contributed by atoms with E-state index in [9.17, 15) is 18.0 Å². The maximum Gasteiger partial charge on any atom is 0.323 e. The normalized spacial score (nSPS) is 15.7. The van der Waals surface area contributed by atoms with Gasteiger partial charge in [-0.1, -0.05) is 35.9 Å². The van der Waals surface area contributed by atoms with Gasteiger partial charge < -0.3 is 9.47 Å². The van der Waals surface area contributed by atoms with Crippen molar-refractivity contribution in [1.29, 1.82) is 0 Å². The third kappa shape index (κ3) is 4.00. The summed E-state index contributed by atoms with van der Waals surface area (Å²) >= 11 is 6.01. The van der Waals surface area contributed by atoms with Crippen molar-refractivity contribution in [1.82, 2.24) is 0 Å². The number of rotatable bonds is 5. The van der Waals surface area contributed by atoms with Crippen molar-refractivity contribution in [3.05, 3.63) is 64.7 Å². The van der Waals surface area contributed by atoms with E-state index in [1.807, 2.05) is 12.1 Å². The average Bonchev–Trinajstić information content (AvgIpc) is 3.14. The van der Waals surface area contributed by atoms with E-state index in [4.69, 9.17) is 21.1 Å². The van der Waals surface area contributed by atoms with Crippen LogP contribution >= 0.6 is 11.6 Å². The van der Waals surface area contributed by atoms with Gasteiger partial charge in [0.1, 0.15) is 0 Å². The third-order valence-corrected chi connectivity index (χ3v) is 6.68. The smallest absolute Gasteiger partial charge is 0.323 e. The van der Waals surface area contributed by atoms with Crippen LogP contribution in [0.25, 0.3) is 11.1 Å². The molecule has 0 saturated carbocycles. The Morgan fingerprint density at radius 1 is 0.833 bits per heavy atom. The lowest BCUT2D eigenvalue weighted by atomic mass is 9.82. The first kappa shape index (κ1) is 22.1. The lowest BCUT2D eigenvalue weighted by molar-refractivity contribution is -0.167. The predicted molar refractivity (Wildman–Crippen MR) is 114 cm³/mol. The summed E-state index contributed by atoms with van der Waals surface area (Å²) in [7, 11) is -0.890. The molecule has 2 aromatic rings. The summed E-state index contributed by atoms with van der Waals surface area (Å²) in [5.74, 6) is -1.35. The van der Waals surface area contributed by atoms with Gasteiger partial charge in [0.15, 0.2) is 15.3 Å². The molecule has 30 heavy (non-hydrogen) atoms. The number of carbonyl (C=O) groups is 2. The van der Waals surface area contributed by atoms with Crippen molar-refractivity contribution in [2.45, 2.75) is 17.7 Å². The first-order valence-corrected chi connectivity index (χ1v) is 11.3. The number of methoxy groups -OCH3 is 2. The first-order chi connectivity index (χ1) is 14.1. The number of hydrogen-bond acceptors (Lipinski definition) is 6. The van der Waals surface area contributed by atoms with Crippen molar-refractivity contribution in [3.8, 4) is 0 Å². The van der Waals surface area contributed by atoms with Crippen molar-refractivity contribution >= 4 is 44.5 Å². The molecular formula is C22H21ClO6S. The van der Waals surface area contributed by atoms with E-state index in [-0.39, 0.29) is 17.7 Å². The molecule has 3 rings (SSSR count). The monoisotopic (exact) mass is 448 g/mol. The van der Waals surface area contributed by atoms with Crippen molar-refractivity contribution < 1.29 is 27.5 Å². The number of allylic oxidation sites excluding steroid dienone is 2. The van der Waals surface area contributed by atoms with Gasteiger partial charge in [-0.15, -0.1) is 0 Å². The van der Waals surface area contributed by atoms with Crippen LogP contribution in [0, 0.1) is 5.41 Å². The van der Waals surface area contributed by atoms with Gasteiger partial charge in [0.25, 0.3) is 0 Å². The second-order valence-electron chi connectivity index (χ2n) is 7.18. The van der Waals surface area contributed by atoms with Crippen LogP contribution in [0.1, 0.15) is 24.0 Å². The summed E-state index contributed by atoms with van der Waals surface area (Å²) in [6, 6.07) is 13.4. The third-order valence-electron chi connectivity index (χ3n) is 5.30. The molecule has 0 bridgehead atoms. The molecule has 0 amide bonds. The molecule has 0 N–H and O–H groups in total. The Morgan fingerprint density at radius 2 is 1.23 bits per heavy atom. The predicted octanol–water partition coefficient (Wildman–Crippen LogP) is 3.78. The number of ether oxygens (including phenoxy) is 2. The molecule has 0 radical (unpaired) electrons. The number of benzene rings is 2. The van der Waals surface area contributed by atoms with Gasteiger partial charge in [0.05, 0.1) is 19.1 Å². The lowest BCUT2D eigenvalue weighted by Gasteiger charge is -2.23. The molecule has 0 spiro atoms. The molecule has 2 aromatic carbocycles. The zero-order valence-corrected chi connectivity index (χ0v) is 18.3. The molecule has 8 heteroatoms. The minimum absolute atomic E-state index is 0.0720. The van der Waals surface area contributed by atoms with Gasteiger partial charge in [0, 0.05) is 24.1 Å². The fraction of sp³-hybridized carbons (Fsp3) is 0.273. The van der Waals surface area contributed by atoms with E-state index >= 15 is 0 Å². The minimum Gasteiger partial charge on any atom is -0.468 e. The molecule has 0 unspecified atom stereocenters. The fourth-order valence-corrected chi connectivity index (χ4v) is 4.51. The van der Waals surface area contributed by atoms with Crippen LogP contribution in [-0.4, -0.2) is 40.8 Å². The Kier molecular flexibility index (Phi) is 6.06. The average molecular weight is 449 g/mol. The standard InChI is InChI=1S/C22H21ClO6S/c1-28-20(24)22(21(25)29-2)12-18(14-4-8-16(23)9-5-14)19(13-22)15-6-10-17(11-7-15)30(3,26)27/h4-11H,12-13H2,1-3H3. The number of esters is 2. The van der Waals surface area contributed by atoms with Crippen LogP contribution in [0.4, 0.5) is 0 Å². The molecule has 158 valence electrons. The van der Waals surface area contributed by atoms with Gasteiger partial charge in [0.2, 0.25) is 0 Å². The molecule has 6 nitrogen and oxygen atoms in total. The van der Waals surface area contributed by atoms with E-state index in [1.165, 1.54) is 26.4 Å². The number of halogens is 1. The summed E-state index contributed by atoms with van der Waals surface area (Å²) in [5.41, 5.74) is 1.52. The lowest BCUT2D eigenvalue weighted by Crippen LogP contribution is -2.39. The summed E-state index contributed by atoms with van der Waals surface area (Å²) < 4.78 is 33.5. The Balaban J connectivity index is 2.17. The first-order valence-electron chi connectivity index (χ1n) is 9.07. The topological polar surface area (TPSA) is 86.7 Å². The second kappa shape index (κ2) is 8.24. The Morgan fingerprint density at radius 3 is 1.60 bits per heavy atom. The summed E-state index contributed by atoms with van der Waals surface area (Å²) in [6.07, 6.45) is 1.30. The highest BCUT2D eigenvalue weighted by Gasteiger charge is 2.53. The van der Waals surface area contributed by atoms with Crippen LogP contribution in [-0.2, 0) is 28.9 Å². The van der Waals surface area contributed by atoms with E-state index < -0.39 is 27.2 Å². The van der Waals surface area contributed by atoms with Crippen LogP contribution in [0.3, 0.4) is 0 Å². The van der Waals surface area contributed by atoms with Gasteiger partial charge >= 0.3 is 11.9 Å². The van der Waals surface area contributed by atoms with Crippen LogP contribution in [0.5, 0.6) is 0 Å². The highest BCUT2D eigenvalue weighted by molar-refractivity contribution is 7.90. The Hall–Kier alpha value is -2.64. The second-order valence-corrected chi connectivity index (χ2v) is 9.63. The molecule has 0 saturated heterocycles. The summed E-state index contributed by atoms with van der Waals surface area (Å²) in [5, 5.41) is 0.559. The Bertz CT molecular complexity index is 1100. The summed E-state index contributed by atoms with van der Waals surface area (Å²) in [4.78, 5) is 25.5. The fourth-order valence-electron chi connectivity index (χ4n) is 3.75. The quantitative estimate of drug-likeness (QED) is 0.511. The van der Waals surface area contributed by atoms with Gasteiger partial charge in [-0.2, -0.15) is 0 Å². The molecule has 0 heterocycles. The van der Waals surface area contributed by atoms with Crippen LogP contribution in [0.2, 0.25) is 5.02 Å². The minimum atomic E-state index is -3.35. The zero-order chi connectivity index (χ0) is 22.1. The SMILES string of the molecule is COC(=O)C1(C(=O)OC)CC(c2ccc(Cl)cc2)=C(c2ccc(S(C)(=O)=O)cc2)C1. The van der Waals surface area contributed by atoms with Gasteiger partial charge in [-0.3, -0.25) is 9.59 Å². The van der Waals surface area contributed by atoms with Crippen molar-refractivity contribution in [2.24, 2.45) is 5.41 Å². The maximum atomic E-state index is 12.7. The van der Waals surface area contributed by atoms with Crippen molar-refractivity contribution in [2.75, 3.05) is 20.5 Å². The van der Waals surface area contributed by atoms with E-state index in [1.54, 1.807) is 24.3 Å². The molecular weight excluding hydrogens is 428 g/mol. The highest BCUT2D eigenvalue weighted by atomic mass is 35.5. The van der Waals surface area contributed by atoms with E-state index in [2.05, 4.69) is 0 Å². The molecule has 0 fully saturated rings. The van der Waals surface area contributed by atoms with E-state index in [0.717, 1.165) is 23.0 Å². The Labute approximate surface area is 180 Å². The van der Waals surface area contributed by atoms with Gasteiger partial charge in [-0.25, -0.2) is 8.42 Å². The number of sulfone groups is 1.